The van der Waals surface area contributed by atoms with Crippen LogP contribution in [0.15, 0.2) is 18.2 Å². The predicted octanol–water partition coefficient (Wildman–Crippen LogP) is 1.86. The van der Waals surface area contributed by atoms with Gasteiger partial charge >= 0.3 is 0 Å². The van der Waals surface area contributed by atoms with Crippen LogP contribution in [0.25, 0.3) is 0 Å². The Kier molecular flexibility index (Phi) is 3.32. The number of aryl methyl sites for hydroxylation is 2. The van der Waals surface area contributed by atoms with Crippen LogP contribution >= 0.6 is 0 Å². The van der Waals surface area contributed by atoms with E-state index in [4.69, 9.17) is 11.5 Å². The van der Waals surface area contributed by atoms with Gasteiger partial charge in [0.2, 0.25) is 0 Å². The van der Waals surface area contributed by atoms with Gasteiger partial charge in [0.05, 0.1) is 0 Å². The molecule has 1 atom stereocenters. The fourth-order valence-electron chi connectivity index (χ4n) is 1.43. The summed E-state index contributed by atoms with van der Waals surface area (Å²) in [4.78, 5) is 0. The third kappa shape index (κ3) is 3.47. The smallest absolute Gasteiger partial charge is 0.0319 e. The lowest BCUT2D eigenvalue weighted by molar-refractivity contribution is 0.666. The Labute approximate surface area is 79.9 Å². The fourth-order valence-corrected chi connectivity index (χ4v) is 1.43. The summed E-state index contributed by atoms with van der Waals surface area (Å²) in [5, 5.41) is 0. The SMILES string of the molecule is Cc1cc(N)cc(CCC(C)N)c1. The van der Waals surface area contributed by atoms with E-state index in [2.05, 4.69) is 13.0 Å². The van der Waals surface area contributed by atoms with Crippen LogP contribution in [0.1, 0.15) is 24.5 Å². The minimum atomic E-state index is 0.265. The lowest BCUT2D eigenvalue weighted by Crippen LogP contribution is -2.15. The van der Waals surface area contributed by atoms with E-state index in [9.17, 15) is 0 Å². The van der Waals surface area contributed by atoms with Crippen molar-refractivity contribution < 1.29 is 0 Å². The Morgan fingerprint density at radius 3 is 2.54 bits per heavy atom. The number of benzene rings is 1. The molecule has 1 aromatic carbocycles. The van der Waals surface area contributed by atoms with Crippen LogP contribution in [0.5, 0.6) is 0 Å². The molecule has 0 fully saturated rings. The van der Waals surface area contributed by atoms with E-state index < -0.39 is 0 Å². The molecular formula is C11H18N2. The minimum Gasteiger partial charge on any atom is -0.399 e. The van der Waals surface area contributed by atoms with Crippen molar-refractivity contribution in [3.63, 3.8) is 0 Å². The van der Waals surface area contributed by atoms with E-state index >= 15 is 0 Å². The predicted molar refractivity (Wildman–Crippen MR) is 57.6 cm³/mol. The number of rotatable bonds is 3. The van der Waals surface area contributed by atoms with Crippen molar-refractivity contribution >= 4 is 5.69 Å². The maximum Gasteiger partial charge on any atom is 0.0319 e. The summed E-state index contributed by atoms with van der Waals surface area (Å²) >= 11 is 0. The molecule has 1 unspecified atom stereocenters. The maximum atomic E-state index is 5.73. The lowest BCUT2D eigenvalue weighted by Gasteiger charge is -2.06. The highest BCUT2D eigenvalue weighted by Gasteiger charge is 1.98. The summed E-state index contributed by atoms with van der Waals surface area (Å²) in [6, 6.07) is 6.44. The summed E-state index contributed by atoms with van der Waals surface area (Å²) < 4.78 is 0. The first-order chi connectivity index (χ1) is 6.08. The normalized spacial score (nSPS) is 12.8. The number of nitrogen functional groups attached to an aromatic ring is 1. The number of nitrogens with two attached hydrogens (primary N) is 2. The van der Waals surface area contributed by atoms with Crippen molar-refractivity contribution in [3.8, 4) is 0 Å². The van der Waals surface area contributed by atoms with E-state index in [0.29, 0.717) is 0 Å². The molecule has 2 heteroatoms. The summed E-state index contributed by atoms with van der Waals surface area (Å²) in [6.45, 7) is 4.09. The summed E-state index contributed by atoms with van der Waals surface area (Å²) in [5.41, 5.74) is 14.8. The van der Waals surface area contributed by atoms with Crippen LogP contribution in [0.3, 0.4) is 0 Å². The molecule has 1 rings (SSSR count). The monoisotopic (exact) mass is 178 g/mol. The third-order valence-corrected chi connectivity index (χ3v) is 2.05. The molecule has 13 heavy (non-hydrogen) atoms. The third-order valence-electron chi connectivity index (χ3n) is 2.05. The zero-order valence-corrected chi connectivity index (χ0v) is 8.38. The molecule has 0 heterocycles. The molecule has 0 aromatic heterocycles. The summed E-state index contributed by atoms with van der Waals surface area (Å²) in [7, 11) is 0. The van der Waals surface area contributed by atoms with Crippen molar-refractivity contribution in [2.24, 2.45) is 5.73 Å². The highest BCUT2D eigenvalue weighted by Crippen LogP contribution is 2.13. The molecule has 0 radical (unpaired) electrons. The maximum absolute atomic E-state index is 5.73. The zero-order chi connectivity index (χ0) is 9.84. The van der Waals surface area contributed by atoms with Gasteiger partial charge in [0.1, 0.15) is 0 Å². The van der Waals surface area contributed by atoms with Crippen molar-refractivity contribution in [2.75, 3.05) is 5.73 Å². The van der Waals surface area contributed by atoms with Crippen LogP contribution in [0.2, 0.25) is 0 Å². The highest BCUT2D eigenvalue weighted by atomic mass is 14.6. The van der Waals surface area contributed by atoms with E-state index in [1.807, 2.05) is 19.1 Å². The van der Waals surface area contributed by atoms with Gasteiger partial charge in [0, 0.05) is 11.7 Å². The van der Waals surface area contributed by atoms with E-state index in [0.717, 1.165) is 18.5 Å². The van der Waals surface area contributed by atoms with Gasteiger partial charge in [-0.05, 0) is 49.9 Å². The van der Waals surface area contributed by atoms with Gasteiger partial charge in [-0.15, -0.1) is 0 Å². The van der Waals surface area contributed by atoms with Gasteiger partial charge in [0.25, 0.3) is 0 Å². The van der Waals surface area contributed by atoms with Crippen LogP contribution in [0.4, 0.5) is 5.69 Å². The second-order valence-electron chi connectivity index (χ2n) is 3.77. The average Bonchev–Trinajstić information content (AvgIpc) is 1.99. The van der Waals surface area contributed by atoms with Gasteiger partial charge < -0.3 is 11.5 Å². The molecular weight excluding hydrogens is 160 g/mol. The molecule has 2 nitrogen and oxygen atoms in total. The van der Waals surface area contributed by atoms with Gasteiger partial charge in [-0.2, -0.15) is 0 Å². The number of hydrogen-bond acceptors (Lipinski definition) is 2. The first kappa shape index (κ1) is 10.1. The van der Waals surface area contributed by atoms with Gasteiger partial charge in [0.15, 0.2) is 0 Å². The van der Waals surface area contributed by atoms with Gasteiger partial charge in [-0.1, -0.05) is 6.07 Å². The highest BCUT2D eigenvalue weighted by molar-refractivity contribution is 5.44. The fraction of sp³-hybridized carbons (Fsp3) is 0.455. The molecule has 72 valence electrons. The Morgan fingerprint density at radius 1 is 1.31 bits per heavy atom. The van der Waals surface area contributed by atoms with Crippen molar-refractivity contribution in [3.05, 3.63) is 29.3 Å². The molecule has 0 aliphatic rings. The minimum absolute atomic E-state index is 0.265. The Hall–Kier alpha value is -1.02. The van der Waals surface area contributed by atoms with Crippen LogP contribution in [-0.2, 0) is 6.42 Å². The number of anilines is 1. The zero-order valence-electron chi connectivity index (χ0n) is 8.38. The molecule has 0 aliphatic carbocycles. The van der Waals surface area contributed by atoms with Crippen molar-refractivity contribution in [2.45, 2.75) is 32.7 Å². The molecule has 0 bridgehead atoms. The van der Waals surface area contributed by atoms with E-state index in [1.165, 1.54) is 11.1 Å². The lowest BCUT2D eigenvalue weighted by atomic mass is 10.0. The second-order valence-corrected chi connectivity index (χ2v) is 3.77. The quantitative estimate of drug-likeness (QED) is 0.694. The largest absolute Gasteiger partial charge is 0.399 e. The first-order valence-electron chi connectivity index (χ1n) is 4.69. The van der Waals surface area contributed by atoms with Crippen LogP contribution in [0, 0.1) is 6.92 Å². The molecule has 0 saturated heterocycles. The molecule has 0 spiro atoms. The van der Waals surface area contributed by atoms with Gasteiger partial charge in [-0.25, -0.2) is 0 Å². The molecule has 0 aliphatic heterocycles. The Balaban J connectivity index is 2.66. The number of hydrogen-bond donors (Lipinski definition) is 2. The Morgan fingerprint density at radius 2 is 2.00 bits per heavy atom. The first-order valence-corrected chi connectivity index (χ1v) is 4.69. The topological polar surface area (TPSA) is 52.0 Å². The summed E-state index contributed by atoms with van der Waals surface area (Å²) in [6.07, 6.45) is 2.03. The molecule has 0 saturated carbocycles. The van der Waals surface area contributed by atoms with E-state index in [-0.39, 0.29) is 6.04 Å². The second kappa shape index (κ2) is 4.28. The standard InChI is InChI=1S/C11H18N2/c1-8-5-10(4-3-9(2)12)7-11(13)6-8/h5-7,9H,3-4,12-13H2,1-2H3. The summed E-state index contributed by atoms with van der Waals surface area (Å²) in [5.74, 6) is 0. The van der Waals surface area contributed by atoms with E-state index in [1.54, 1.807) is 0 Å². The van der Waals surface area contributed by atoms with Crippen molar-refractivity contribution in [1.29, 1.82) is 0 Å². The van der Waals surface area contributed by atoms with Gasteiger partial charge in [-0.3, -0.25) is 0 Å². The molecule has 4 N–H and O–H groups in total. The Bertz CT molecular complexity index is 259. The van der Waals surface area contributed by atoms with Crippen molar-refractivity contribution in [1.82, 2.24) is 0 Å². The molecule has 1 aromatic rings. The average molecular weight is 178 g/mol. The molecule has 0 amide bonds. The van der Waals surface area contributed by atoms with Crippen LogP contribution in [-0.4, -0.2) is 6.04 Å². The van der Waals surface area contributed by atoms with Crippen LogP contribution < -0.4 is 11.5 Å².